The number of aromatic amines is 1. The Labute approximate surface area is 204 Å². The van der Waals surface area contributed by atoms with Crippen LogP contribution in [0.5, 0.6) is 5.75 Å². The Balaban J connectivity index is 1.41. The van der Waals surface area contributed by atoms with Crippen LogP contribution in [0.15, 0.2) is 53.3 Å². The standard InChI is InChI=1S/C27H32N6O2/c1-19-8-13-25-21(14-19)15-22(27(34)28-25)17-32(23-6-4-3-5-7-23)18-26-29-30-31-33(26)16-20-9-11-24(35-2)12-10-20/h8-15,23H,3-7,16-18H2,1-2H3,(H,28,34). The minimum atomic E-state index is -0.0278. The van der Waals surface area contributed by atoms with Crippen LogP contribution in [0.4, 0.5) is 0 Å². The fourth-order valence-corrected chi connectivity index (χ4v) is 5.01. The molecule has 1 saturated carbocycles. The summed E-state index contributed by atoms with van der Waals surface area (Å²) in [5.41, 5.74) is 3.90. The maximum Gasteiger partial charge on any atom is 0.252 e. The molecule has 35 heavy (non-hydrogen) atoms. The first-order valence-electron chi connectivity index (χ1n) is 12.3. The molecule has 8 nitrogen and oxygen atoms in total. The lowest BCUT2D eigenvalue weighted by Crippen LogP contribution is -2.38. The number of nitrogens with zero attached hydrogens (tertiary/aromatic N) is 5. The molecule has 1 aliphatic carbocycles. The summed E-state index contributed by atoms with van der Waals surface area (Å²) >= 11 is 0. The second kappa shape index (κ2) is 10.4. The van der Waals surface area contributed by atoms with E-state index in [0.29, 0.717) is 25.7 Å². The highest BCUT2D eigenvalue weighted by Gasteiger charge is 2.24. The van der Waals surface area contributed by atoms with Crippen molar-refractivity contribution in [3.63, 3.8) is 0 Å². The molecule has 2 aromatic carbocycles. The smallest absolute Gasteiger partial charge is 0.252 e. The molecule has 0 unspecified atom stereocenters. The van der Waals surface area contributed by atoms with Crippen LogP contribution < -0.4 is 10.3 Å². The van der Waals surface area contributed by atoms with Crippen molar-refractivity contribution in [2.24, 2.45) is 0 Å². The van der Waals surface area contributed by atoms with Crippen LogP contribution in [0.2, 0.25) is 0 Å². The van der Waals surface area contributed by atoms with E-state index in [0.717, 1.165) is 46.4 Å². The molecular formula is C27H32N6O2. The lowest BCUT2D eigenvalue weighted by Gasteiger charge is -2.33. The number of methoxy groups -OCH3 is 1. The van der Waals surface area contributed by atoms with Gasteiger partial charge in [-0.15, -0.1) is 5.10 Å². The van der Waals surface area contributed by atoms with Crippen molar-refractivity contribution in [2.75, 3.05) is 7.11 Å². The van der Waals surface area contributed by atoms with Crippen LogP contribution >= 0.6 is 0 Å². The molecule has 0 spiro atoms. The first kappa shape index (κ1) is 23.2. The van der Waals surface area contributed by atoms with Crippen molar-refractivity contribution in [1.29, 1.82) is 0 Å². The van der Waals surface area contributed by atoms with Gasteiger partial charge in [0.2, 0.25) is 0 Å². The number of aryl methyl sites for hydroxylation is 1. The Morgan fingerprint density at radius 3 is 2.63 bits per heavy atom. The van der Waals surface area contributed by atoms with Crippen LogP contribution in [0.3, 0.4) is 0 Å². The van der Waals surface area contributed by atoms with Crippen molar-refractivity contribution < 1.29 is 4.74 Å². The summed E-state index contributed by atoms with van der Waals surface area (Å²) < 4.78 is 7.12. The highest BCUT2D eigenvalue weighted by molar-refractivity contribution is 5.79. The Kier molecular flexibility index (Phi) is 6.90. The molecule has 0 atom stereocenters. The van der Waals surface area contributed by atoms with Gasteiger partial charge in [-0.25, -0.2) is 4.68 Å². The zero-order chi connectivity index (χ0) is 24.2. The van der Waals surface area contributed by atoms with Gasteiger partial charge in [-0.2, -0.15) is 0 Å². The second-order valence-corrected chi connectivity index (χ2v) is 9.51. The van der Waals surface area contributed by atoms with E-state index in [9.17, 15) is 4.79 Å². The summed E-state index contributed by atoms with van der Waals surface area (Å²) in [5.74, 6) is 1.63. The Morgan fingerprint density at radius 2 is 1.86 bits per heavy atom. The highest BCUT2D eigenvalue weighted by atomic mass is 16.5. The lowest BCUT2D eigenvalue weighted by molar-refractivity contribution is 0.134. The van der Waals surface area contributed by atoms with Crippen LogP contribution in [-0.4, -0.2) is 43.2 Å². The van der Waals surface area contributed by atoms with Gasteiger partial charge in [0, 0.05) is 23.7 Å². The van der Waals surface area contributed by atoms with Crippen molar-refractivity contribution in [1.82, 2.24) is 30.1 Å². The van der Waals surface area contributed by atoms with Crippen molar-refractivity contribution >= 4 is 10.9 Å². The van der Waals surface area contributed by atoms with E-state index in [2.05, 4.69) is 38.4 Å². The average Bonchev–Trinajstić information content (AvgIpc) is 3.31. The molecule has 4 aromatic rings. The van der Waals surface area contributed by atoms with Gasteiger partial charge in [-0.05, 0) is 71.5 Å². The third-order valence-corrected chi connectivity index (χ3v) is 6.98. The molecule has 8 heteroatoms. The van der Waals surface area contributed by atoms with Crippen LogP contribution in [0, 0.1) is 6.92 Å². The fraction of sp³-hybridized carbons (Fsp3) is 0.407. The SMILES string of the molecule is COc1ccc(Cn2nnnc2CN(Cc2cc3cc(C)ccc3[nH]c2=O)C2CCCCC2)cc1. The van der Waals surface area contributed by atoms with Gasteiger partial charge in [0.25, 0.3) is 5.56 Å². The second-order valence-electron chi connectivity index (χ2n) is 9.51. The molecule has 5 rings (SSSR count). The molecular weight excluding hydrogens is 440 g/mol. The Morgan fingerprint density at radius 1 is 1.06 bits per heavy atom. The largest absolute Gasteiger partial charge is 0.497 e. The van der Waals surface area contributed by atoms with E-state index in [4.69, 9.17) is 4.74 Å². The minimum Gasteiger partial charge on any atom is -0.497 e. The molecule has 2 aromatic heterocycles. The van der Waals surface area contributed by atoms with Crippen LogP contribution in [0.1, 0.15) is 54.6 Å². The van der Waals surface area contributed by atoms with Gasteiger partial charge in [-0.1, -0.05) is 43.0 Å². The van der Waals surface area contributed by atoms with Gasteiger partial charge in [0.05, 0.1) is 20.2 Å². The van der Waals surface area contributed by atoms with E-state index < -0.39 is 0 Å². The van der Waals surface area contributed by atoms with E-state index in [1.807, 2.05) is 47.1 Å². The number of ether oxygens (including phenoxy) is 1. The predicted octanol–water partition coefficient (Wildman–Crippen LogP) is 4.21. The maximum atomic E-state index is 13.0. The van der Waals surface area contributed by atoms with Gasteiger partial charge in [0.15, 0.2) is 5.82 Å². The van der Waals surface area contributed by atoms with Crippen molar-refractivity contribution in [2.45, 2.75) is 64.7 Å². The van der Waals surface area contributed by atoms with Gasteiger partial charge >= 0.3 is 0 Å². The monoisotopic (exact) mass is 472 g/mol. The molecule has 2 heterocycles. The van der Waals surface area contributed by atoms with Crippen LogP contribution in [-0.2, 0) is 19.6 Å². The third-order valence-electron chi connectivity index (χ3n) is 6.98. The van der Waals surface area contributed by atoms with E-state index in [1.54, 1.807) is 7.11 Å². The summed E-state index contributed by atoms with van der Waals surface area (Å²) in [4.78, 5) is 18.4. The van der Waals surface area contributed by atoms with Crippen LogP contribution in [0.25, 0.3) is 10.9 Å². The Bertz CT molecular complexity index is 1340. The molecule has 0 bridgehead atoms. The van der Waals surface area contributed by atoms with Crippen molar-refractivity contribution in [3.8, 4) is 5.75 Å². The number of pyridine rings is 1. The number of fused-ring (bicyclic) bond motifs is 1. The molecule has 1 fully saturated rings. The molecule has 182 valence electrons. The number of hydrogen-bond acceptors (Lipinski definition) is 6. The quantitative estimate of drug-likeness (QED) is 0.413. The molecule has 0 saturated heterocycles. The summed E-state index contributed by atoms with van der Waals surface area (Å²) in [6, 6.07) is 16.5. The molecule has 0 radical (unpaired) electrons. The zero-order valence-corrected chi connectivity index (χ0v) is 20.4. The van der Waals surface area contributed by atoms with E-state index in [-0.39, 0.29) is 5.56 Å². The molecule has 0 amide bonds. The number of benzene rings is 2. The van der Waals surface area contributed by atoms with E-state index >= 15 is 0 Å². The van der Waals surface area contributed by atoms with Gasteiger partial charge in [0.1, 0.15) is 5.75 Å². The number of tetrazole rings is 1. The molecule has 1 aliphatic rings. The lowest BCUT2D eigenvalue weighted by atomic mass is 9.93. The maximum absolute atomic E-state index is 13.0. The summed E-state index contributed by atoms with van der Waals surface area (Å²) in [6.45, 7) is 3.82. The minimum absolute atomic E-state index is 0.0278. The topological polar surface area (TPSA) is 88.9 Å². The Hall–Kier alpha value is -3.52. The number of rotatable bonds is 8. The first-order valence-corrected chi connectivity index (χ1v) is 12.3. The predicted molar refractivity (Wildman–Crippen MR) is 135 cm³/mol. The fourth-order valence-electron chi connectivity index (χ4n) is 5.01. The number of aromatic nitrogens is 5. The number of hydrogen-bond donors (Lipinski definition) is 1. The zero-order valence-electron chi connectivity index (χ0n) is 20.4. The summed E-state index contributed by atoms with van der Waals surface area (Å²) in [5, 5.41) is 13.6. The van der Waals surface area contributed by atoms with Gasteiger partial charge < -0.3 is 9.72 Å². The molecule has 0 aliphatic heterocycles. The normalized spacial score (nSPS) is 14.6. The first-order chi connectivity index (χ1) is 17.1. The molecule has 1 N–H and O–H groups in total. The summed E-state index contributed by atoms with van der Waals surface area (Å²) in [7, 11) is 1.66. The number of nitrogens with one attached hydrogen (secondary N) is 1. The van der Waals surface area contributed by atoms with Crippen molar-refractivity contribution in [3.05, 3.63) is 81.4 Å². The summed E-state index contributed by atoms with van der Waals surface area (Å²) in [6.07, 6.45) is 5.96. The number of H-pyrrole nitrogens is 1. The average molecular weight is 473 g/mol. The third kappa shape index (κ3) is 5.43. The highest BCUT2D eigenvalue weighted by Crippen LogP contribution is 2.26. The van der Waals surface area contributed by atoms with Gasteiger partial charge in [-0.3, -0.25) is 9.69 Å². The van der Waals surface area contributed by atoms with E-state index in [1.165, 1.54) is 24.8 Å².